The molecule has 24 heavy (non-hydrogen) atoms. The summed E-state index contributed by atoms with van der Waals surface area (Å²) in [5.41, 5.74) is 0.299. The molecule has 5 nitrogen and oxygen atoms in total. The Bertz CT molecular complexity index is 714. The third-order valence-electron chi connectivity index (χ3n) is 4.18. The average molecular weight is 350 g/mol. The van der Waals surface area contributed by atoms with E-state index in [1.165, 1.54) is 50.3 Å². The first kappa shape index (κ1) is 17.0. The van der Waals surface area contributed by atoms with E-state index in [0.29, 0.717) is 22.6 Å². The van der Waals surface area contributed by atoms with Crippen LogP contribution in [0.2, 0.25) is 0 Å². The molecule has 1 aliphatic rings. The number of rotatable bonds is 6. The molecule has 2 aromatic rings. The number of hydrogen-bond donors (Lipinski definition) is 0. The Labute approximate surface area is 144 Å². The van der Waals surface area contributed by atoms with Crippen LogP contribution < -0.4 is 4.74 Å². The van der Waals surface area contributed by atoms with Gasteiger partial charge in [0, 0.05) is 11.5 Å². The van der Waals surface area contributed by atoms with Gasteiger partial charge >= 0.3 is 0 Å². The lowest BCUT2D eigenvalue weighted by Gasteiger charge is -2.17. The lowest BCUT2D eigenvalue weighted by atomic mass is 9.89. The molecule has 1 aliphatic carbocycles. The second-order valence-electron chi connectivity index (χ2n) is 5.80. The van der Waals surface area contributed by atoms with Crippen LogP contribution in [-0.4, -0.2) is 28.8 Å². The third-order valence-corrected chi connectivity index (χ3v) is 5.00. The van der Waals surface area contributed by atoms with Crippen LogP contribution in [0, 0.1) is 5.82 Å². The maximum Gasteiger partial charge on any atom is 0.277 e. The highest BCUT2D eigenvalue weighted by Crippen LogP contribution is 2.33. The van der Waals surface area contributed by atoms with Gasteiger partial charge in [-0.25, -0.2) is 4.39 Å². The topological polar surface area (TPSA) is 65.2 Å². The van der Waals surface area contributed by atoms with Gasteiger partial charge < -0.3 is 9.15 Å². The fraction of sp³-hybridized carbons (Fsp3) is 0.471. The zero-order valence-electron chi connectivity index (χ0n) is 13.5. The van der Waals surface area contributed by atoms with Crippen molar-refractivity contribution in [1.82, 2.24) is 10.2 Å². The van der Waals surface area contributed by atoms with Crippen molar-refractivity contribution >= 4 is 17.5 Å². The highest BCUT2D eigenvalue weighted by atomic mass is 32.2. The molecule has 1 saturated carbocycles. The van der Waals surface area contributed by atoms with Crippen molar-refractivity contribution in [2.45, 2.75) is 43.2 Å². The van der Waals surface area contributed by atoms with Crippen molar-refractivity contribution in [3.8, 4) is 5.75 Å². The van der Waals surface area contributed by atoms with Gasteiger partial charge in [-0.05, 0) is 31.0 Å². The number of thioether (sulfide) groups is 1. The van der Waals surface area contributed by atoms with Crippen LogP contribution in [0.1, 0.15) is 54.3 Å². The van der Waals surface area contributed by atoms with E-state index in [2.05, 4.69) is 10.2 Å². The number of halogens is 1. The first-order valence-electron chi connectivity index (χ1n) is 8.00. The number of ether oxygens (including phenoxy) is 1. The van der Waals surface area contributed by atoms with Gasteiger partial charge in [-0.2, -0.15) is 0 Å². The number of carbonyl (C=O) groups excluding carboxylic acids is 1. The molecule has 1 fully saturated rings. The van der Waals surface area contributed by atoms with Gasteiger partial charge in [0.25, 0.3) is 5.22 Å². The van der Waals surface area contributed by atoms with Gasteiger partial charge in [0.05, 0.1) is 12.9 Å². The molecule has 0 radical (unpaired) electrons. The molecule has 0 unspecified atom stereocenters. The number of ketones is 1. The molecular formula is C17H19FN2O3S. The zero-order valence-corrected chi connectivity index (χ0v) is 14.3. The number of aromatic nitrogens is 2. The fourth-order valence-electron chi connectivity index (χ4n) is 2.84. The standard InChI is InChI=1S/C17H19FN2O3S/c1-22-15-8-7-12(9-13(15)18)14(21)10-24-17-20-19-16(23-17)11-5-3-2-4-6-11/h7-9,11H,2-6,10H2,1H3. The molecule has 3 rings (SSSR count). The van der Waals surface area contributed by atoms with E-state index in [1.54, 1.807) is 6.07 Å². The first-order valence-corrected chi connectivity index (χ1v) is 8.99. The first-order chi connectivity index (χ1) is 11.7. The van der Waals surface area contributed by atoms with Crippen LogP contribution in [0.5, 0.6) is 5.75 Å². The summed E-state index contributed by atoms with van der Waals surface area (Å²) in [6.07, 6.45) is 5.81. The molecular weight excluding hydrogens is 331 g/mol. The third kappa shape index (κ3) is 3.95. The van der Waals surface area contributed by atoms with Crippen molar-refractivity contribution in [3.05, 3.63) is 35.5 Å². The predicted molar refractivity (Wildman–Crippen MR) is 88.1 cm³/mol. The fourth-order valence-corrected chi connectivity index (χ4v) is 3.51. The van der Waals surface area contributed by atoms with Crippen molar-refractivity contribution in [2.24, 2.45) is 0 Å². The normalized spacial score (nSPS) is 15.4. The minimum Gasteiger partial charge on any atom is -0.494 e. The molecule has 1 heterocycles. The summed E-state index contributed by atoms with van der Waals surface area (Å²) in [7, 11) is 1.38. The Hall–Kier alpha value is -1.89. The molecule has 128 valence electrons. The summed E-state index contributed by atoms with van der Waals surface area (Å²) in [5.74, 6) is 0.503. The summed E-state index contributed by atoms with van der Waals surface area (Å²) < 4.78 is 24.2. The smallest absolute Gasteiger partial charge is 0.277 e. The van der Waals surface area contributed by atoms with Gasteiger partial charge in [-0.3, -0.25) is 4.79 Å². The molecule has 0 amide bonds. The monoisotopic (exact) mass is 350 g/mol. The van der Waals surface area contributed by atoms with Gasteiger partial charge in [0.15, 0.2) is 17.3 Å². The second kappa shape index (κ2) is 7.79. The Kier molecular flexibility index (Phi) is 5.50. The van der Waals surface area contributed by atoms with Crippen molar-refractivity contribution in [2.75, 3.05) is 12.9 Å². The minimum absolute atomic E-state index is 0.119. The maximum atomic E-state index is 13.7. The molecule has 0 bridgehead atoms. The lowest BCUT2D eigenvalue weighted by molar-refractivity contribution is 0.102. The van der Waals surface area contributed by atoms with E-state index >= 15 is 0 Å². The van der Waals surface area contributed by atoms with Crippen molar-refractivity contribution in [1.29, 1.82) is 0 Å². The van der Waals surface area contributed by atoms with E-state index in [9.17, 15) is 9.18 Å². The van der Waals surface area contributed by atoms with Crippen LogP contribution in [0.4, 0.5) is 4.39 Å². The van der Waals surface area contributed by atoms with Crippen molar-refractivity contribution in [3.63, 3.8) is 0 Å². The Morgan fingerprint density at radius 1 is 1.33 bits per heavy atom. The van der Waals surface area contributed by atoms with Crippen LogP contribution in [-0.2, 0) is 0 Å². The SMILES string of the molecule is COc1ccc(C(=O)CSc2nnc(C3CCCCC3)o2)cc1F. The molecule has 0 atom stereocenters. The Morgan fingerprint density at radius 2 is 2.12 bits per heavy atom. The molecule has 7 heteroatoms. The van der Waals surface area contributed by atoms with E-state index in [4.69, 9.17) is 9.15 Å². The predicted octanol–water partition coefficient (Wildman–Crippen LogP) is 4.24. The number of hydrogen-bond acceptors (Lipinski definition) is 6. The Balaban J connectivity index is 1.58. The molecule has 1 aromatic carbocycles. The number of nitrogens with zero attached hydrogens (tertiary/aromatic N) is 2. The minimum atomic E-state index is -0.550. The number of methoxy groups -OCH3 is 1. The largest absolute Gasteiger partial charge is 0.494 e. The zero-order chi connectivity index (χ0) is 16.9. The van der Waals surface area contributed by atoms with Gasteiger partial charge in [-0.1, -0.05) is 31.0 Å². The highest BCUT2D eigenvalue weighted by Gasteiger charge is 2.21. The van der Waals surface area contributed by atoms with Crippen LogP contribution >= 0.6 is 11.8 Å². The molecule has 0 saturated heterocycles. The summed E-state index contributed by atoms with van der Waals surface area (Å²) in [5, 5.41) is 8.49. The summed E-state index contributed by atoms with van der Waals surface area (Å²) in [4.78, 5) is 12.2. The van der Waals surface area contributed by atoms with Crippen molar-refractivity contribution < 1.29 is 18.3 Å². The molecule has 0 spiro atoms. The van der Waals surface area contributed by atoms with E-state index < -0.39 is 5.82 Å². The summed E-state index contributed by atoms with van der Waals surface area (Å²) in [6, 6.07) is 4.18. The Morgan fingerprint density at radius 3 is 2.83 bits per heavy atom. The molecule has 0 aliphatic heterocycles. The summed E-state index contributed by atoms with van der Waals surface area (Å²) in [6.45, 7) is 0. The van der Waals surface area contributed by atoms with Gasteiger partial charge in [-0.15, -0.1) is 10.2 Å². The molecule has 1 aromatic heterocycles. The maximum absolute atomic E-state index is 13.7. The average Bonchev–Trinajstić information content (AvgIpc) is 3.09. The van der Waals surface area contributed by atoms with E-state index in [-0.39, 0.29) is 17.3 Å². The second-order valence-corrected chi connectivity index (χ2v) is 6.73. The lowest BCUT2D eigenvalue weighted by Crippen LogP contribution is -2.04. The van der Waals surface area contributed by atoms with E-state index in [0.717, 1.165) is 12.8 Å². The van der Waals surface area contributed by atoms with Crippen LogP contribution in [0.15, 0.2) is 27.8 Å². The number of benzene rings is 1. The summed E-state index contributed by atoms with van der Waals surface area (Å²) >= 11 is 1.18. The van der Waals surface area contributed by atoms with Crippen LogP contribution in [0.25, 0.3) is 0 Å². The number of carbonyl (C=O) groups is 1. The molecule has 0 N–H and O–H groups in total. The van der Waals surface area contributed by atoms with Crippen LogP contribution in [0.3, 0.4) is 0 Å². The van der Waals surface area contributed by atoms with E-state index in [1.807, 2.05) is 0 Å². The number of Topliss-reactive ketones (excluding diaryl/α,β-unsaturated/α-hetero) is 1. The quantitative estimate of drug-likeness (QED) is 0.573. The van der Waals surface area contributed by atoms with Gasteiger partial charge in [0.2, 0.25) is 5.89 Å². The van der Waals surface area contributed by atoms with Gasteiger partial charge in [0.1, 0.15) is 0 Å². The highest BCUT2D eigenvalue weighted by molar-refractivity contribution is 7.99.